The van der Waals surface area contributed by atoms with Crippen molar-refractivity contribution >= 4 is 31.2 Å². The third-order valence-corrected chi connectivity index (χ3v) is 20.1. The Kier molecular flexibility index (Phi) is 58.0. The lowest BCUT2D eigenvalue weighted by Gasteiger charge is -2.29. The zero-order valence-electron chi connectivity index (χ0n) is 87.3. The highest BCUT2D eigenvalue weighted by molar-refractivity contribution is 7.91. The Morgan fingerprint density at radius 3 is 0.622 bits per heavy atom. The fourth-order valence-electron chi connectivity index (χ4n) is 10.0. The third kappa shape index (κ3) is 53.8. The van der Waals surface area contributed by atoms with Crippen molar-refractivity contribution in [3.8, 4) is 57.5 Å². The highest BCUT2D eigenvalue weighted by atomic mass is 32.2. The first-order chi connectivity index (χ1) is 62.1. The maximum Gasteiger partial charge on any atom is 0.402 e. The number of ketones is 2. The topological polar surface area (TPSA) is 204 Å². The number of hydrogen-bond acceptors (Lipinski definition) is 17. The van der Waals surface area contributed by atoms with Crippen molar-refractivity contribution in [2.45, 2.75) is 222 Å². The summed E-state index contributed by atoms with van der Waals surface area (Å²) in [6.07, 6.45) is -6.92. The van der Waals surface area contributed by atoms with Gasteiger partial charge in [-0.3, -0.25) is 4.79 Å². The minimum absolute atomic E-state index is 0.0136. The Hall–Kier alpha value is -11.0. The molecule has 10 aromatic carbocycles. The number of carbonyl (C=O) groups is 2. The van der Waals surface area contributed by atoms with Crippen molar-refractivity contribution in [3.63, 3.8) is 0 Å². The minimum atomic E-state index is -5.24. The predicted octanol–water partition coefficient (Wildman–Crippen LogP) is 28.6. The molecule has 10 aromatic rings. The molecule has 10 rings (SSSR count). The molecule has 0 aliphatic rings. The quantitative estimate of drug-likeness (QED) is 0.0652. The van der Waals surface area contributed by atoms with Crippen molar-refractivity contribution in [3.05, 3.63) is 287 Å². The average Bonchev–Trinajstić information content (AvgIpc) is 0.800. The number of rotatable bonds is 16. The molecule has 0 aliphatic heterocycles. The summed E-state index contributed by atoms with van der Waals surface area (Å²) in [4.78, 5) is 22.1. The van der Waals surface area contributed by atoms with Gasteiger partial charge in [-0.05, 0) is 246 Å². The molecule has 25 heteroatoms. The van der Waals surface area contributed by atoms with Crippen molar-refractivity contribution in [1.29, 1.82) is 0 Å². The van der Waals surface area contributed by atoms with Crippen molar-refractivity contribution in [2.24, 2.45) is 10.8 Å². The lowest BCUT2D eigenvalue weighted by Crippen LogP contribution is -2.44. The summed E-state index contributed by atoms with van der Waals surface area (Å²) >= 11 is 0. The summed E-state index contributed by atoms with van der Waals surface area (Å²) in [6, 6.07) is 76.0. The van der Waals surface area contributed by atoms with E-state index in [1.807, 2.05) is 72.8 Å². The van der Waals surface area contributed by atoms with Gasteiger partial charge < -0.3 is 56.9 Å². The Labute approximate surface area is 806 Å². The predicted molar refractivity (Wildman–Crippen MR) is 543 cm³/mol. The van der Waals surface area contributed by atoms with E-state index in [1.165, 1.54) is 92.1 Å². The Morgan fingerprint density at radius 2 is 0.444 bits per heavy atom. The second kappa shape index (κ2) is 61.2. The van der Waals surface area contributed by atoms with Gasteiger partial charge in [0.1, 0.15) is 73.1 Å². The van der Waals surface area contributed by atoms with Crippen molar-refractivity contribution in [2.75, 3.05) is 97.8 Å². The molecule has 0 N–H and O–H groups in total. The molecule has 0 atom stereocenters. The summed E-state index contributed by atoms with van der Waals surface area (Å²) in [5.41, 5.74) is 7.32. The summed E-state index contributed by atoms with van der Waals surface area (Å²) in [6.45, 7) is 47.7. The second-order valence-corrected chi connectivity index (χ2v) is 41.7. The Morgan fingerprint density at radius 1 is 0.274 bits per heavy atom. The van der Waals surface area contributed by atoms with Crippen LogP contribution in [0.25, 0.3) is 0 Å². The first-order valence-corrected chi connectivity index (χ1v) is 47.3. The molecule has 0 unspecified atom stereocenters. The standard InChI is InChI=1S/C17H20O2.C15H14O3.C14H14O4S.2C14H22.2C8H10O2.C5H6F6.C5H12.C3H6O.C3H8.C2H6O2S.C2H6O/c1-17(2,13-5-9-15(18-3)10-6-13)14-7-11-16(19-4)12-8-14;1-17-13-7-3-11(4-8-13)15(16)12-5-9-14(18-2)10-6-12;1-17-11-3-7-13(8-4-11)19(15,16)14-9-5-12(18-2)6-10-14;1-13(2,3)11-7-9-12(10-8-11)14(4,5)6;1-13(2,3)11-8-7-9-12(10-11)14(4,5)6;1-9-7-3-5-8(10-2)6-4-7;1-9-7-4-3-5-8(6-7)10-2;1-3(2,4(6,7)8)5(9,10)11;1-5(2,3)4;1-3(2)4;1-3-2;1-5(2,3)4;1-3-2/h5-12H,1-4H3;3-10H,1-2H3;3-10H,1-2H3;2*7-10H,1-6H3;2*3-6H,1-2H3;1-2H3;1-4H3;1-2H3;3H2,1-2H3;1-2H3;1-2H3. The zero-order chi connectivity index (χ0) is 105. The fourth-order valence-corrected chi connectivity index (χ4v) is 11.3. The smallest absolute Gasteiger partial charge is 0.402 e. The van der Waals surface area contributed by atoms with E-state index in [9.17, 15) is 52.8 Å². The van der Waals surface area contributed by atoms with Gasteiger partial charge >= 0.3 is 12.4 Å². The summed E-state index contributed by atoms with van der Waals surface area (Å²) in [7, 11) is 13.3. The molecular formula is C110H156F6O17S2. The van der Waals surface area contributed by atoms with Crippen LogP contribution < -0.4 is 47.4 Å². The first-order valence-electron chi connectivity index (χ1n) is 43.5. The molecule has 0 heterocycles. The number of sulfone groups is 2. The summed E-state index contributed by atoms with van der Waals surface area (Å²) < 4.78 is 168. The van der Waals surface area contributed by atoms with Crippen LogP contribution in [0.1, 0.15) is 222 Å². The van der Waals surface area contributed by atoms with E-state index in [4.69, 9.17) is 47.4 Å². The molecule has 0 bridgehead atoms. The zero-order valence-corrected chi connectivity index (χ0v) is 89.0. The molecule has 0 saturated carbocycles. The molecule has 0 radical (unpaired) electrons. The molecule has 752 valence electrons. The average molecular weight is 1930 g/mol. The second-order valence-electron chi connectivity index (χ2n) is 37.4. The van der Waals surface area contributed by atoms with Crippen LogP contribution in [0, 0.1) is 10.8 Å². The highest BCUT2D eigenvalue weighted by Gasteiger charge is 2.64. The van der Waals surface area contributed by atoms with Gasteiger partial charge in [-0.25, -0.2) is 16.8 Å². The third-order valence-electron chi connectivity index (χ3n) is 18.3. The molecule has 0 aromatic heterocycles. The SMILES string of the molecule is CC(C)(C(F)(F)F)C(F)(F)F.CC(C)(C)C.CC(C)(C)c1ccc(C(C)(C)C)cc1.CC(C)(C)c1cccc(C(C)(C)C)c1.CC(C)=O.CCC.COC.COc1ccc(C(=O)c2ccc(OC)cc2)cc1.COc1ccc(C(C)(C)c2ccc(OC)cc2)cc1.COc1ccc(OC)cc1.COc1ccc(S(=O)(=O)c2ccc(OC)cc2)cc1.COc1cccc(OC)c1.CS(C)(=O)=O. The molecule has 0 fully saturated rings. The minimum Gasteiger partial charge on any atom is -0.497 e. The van der Waals surface area contributed by atoms with Gasteiger partial charge in [0.25, 0.3) is 0 Å². The van der Waals surface area contributed by atoms with Gasteiger partial charge in [0.05, 0.1) is 80.9 Å². The highest BCUT2D eigenvalue weighted by Crippen LogP contribution is 2.49. The van der Waals surface area contributed by atoms with E-state index in [0.717, 1.165) is 58.5 Å². The Bertz CT molecular complexity index is 4830. The van der Waals surface area contributed by atoms with Gasteiger partial charge in [-0.2, -0.15) is 26.3 Å². The van der Waals surface area contributed by atoms with Crippen LogP contribution in [0.15, 0.2) is 252 Å². The lowest BCUT2D eigenvalue weighted by molar-refractivity contribution is -0.327. The number of Topliss-reactive ketones (excluding diaryl/α,β-unsaturated/α-hetero) is 1. The van der Waals surface area contributed by atoms with Crippen LogP contribution in [-0.2, 0) is 56.3 Å². The molecule has 0 aliphatic carbocycles. The molecule has 0 amide bonds. The number of halogens is 6. The normalized spacial score (nSPS) is 11.1. The van der Waals surface area contributed by atoms with Crippen molar-refractivity contribution < 1.29 is 105 Å². The lowest BCUT2D eigenvalue weighted by atomic mass is 9.78. The van der Waals surface area contributed by atoms with E-state index in [0.29, 0.717) is 28.0 Å². The van der Waals surface area contributed by atoms with Crippen molar-refractivity contribution in [1.82, 2.24) is 0 Å². The molecule has 17 nitrogen and oxygen atoms in total. The number of hydrogen-bond donors (Lipinski definition) is 0. The number of ether oxygens (including phenoxy) is 11. The van der Waals surface area contributed by atoms with Crippen LogP contribution in [0.2, 0.25) is 0 Å². The van der Waals surface area contributed by atoms with Gasteiger partial charge in [0, 0.05) is 49.3 Å². The van der Waals surface area contributed by atoms with E-state index in [-0.39, 0.29) is 62.3 Å². The monoisotopic (exact) mass is 1930 g/mol. The van der Waals surface area contributed by atoms with Gasteiger partial charge in [0.15, 0.2) is 11.2 Å². The van der Waals surface area contributed by atoms with E-state index >= 15 is 0 Å². The number of carbonyl (C=O) groups excluding carboxylic acids is 2. The largest absolute Gasteiger partial charge is 0.497 e. The maximum atomic E-state index is 12.4. The van der Waals surface area contributed by atoms with Crippen LogP contribution in [0.5, 0.6) is 57.5 Å². The number of benzene rings is 10. The molecular weight excluding hydrogens is 1770 g/mol. The number of methoxy groups -OCH3 is 11. The molecule has 0 saturated heterocycles. The van der Waals surface area contributed by atoms with Gasteiger partial charge in [0.2, 0.25) is 9.84 Å². The van der Waals surface area contributed by atoms with E-state index in [2.05, 4.69) is 216 Å². The summed E-state index contributed by atoms with van der Waals surface area (Å²) in [5.74, 6) is 7.97. The maximum absolute atomic E-state index is 12.4. The summed E-state index contributed by atoms with van der Waals surface area (Å²) in [5, 5.41) is 0. The van der Waals surface area contributed by atoms with Gasteiger partial charge in [-0.15, -0.1) is 0 Å². The fraction of sp³-hybridized carbons (Fsp3) is 0.436. The van der Waals surface area contributed by atoms with Crippen LogP contribution in [0.3, 0.4) is 0 Å². The first kappa shape index (κ1) is 128. The molecule has 135 heavy (non-hydrogen) atoms. The van der Waals surface area contributed by atoms with E-state index < -0.39 is 37.4 Å². The van der Waals surface area contributed by atoms with Crippen LogP contribution in [0.4, 0.5) is 26.3 Å². The Balaban J connectivity index is -0.00000144. The molecule has 0 spiro atoms. The van der Waals surface area contributed by atoms with Gasteiger partial charge in [-0.1, -0.05) is 224 Å². The number of alkyl halides is 6. The van der Waals surface area contributed by atoms with Crippen LogP contribution in [-0.4, -0.2) is 139 Å². The van der Waals surface area contributed by atoms with Crippen LogP contribution >= 0.6 is 0 Å². The van der Waals surface area contributed by atoms with E-state index in [1.54, 1.807) is 144 Å².